The van der Waals surface area contributed by atoms with Crippen molar-refractivity contribution in [2.75, 3.05) is 14.1 Å². The first kappa shape index (κ1) is 11.7. The Morgan fingerprint density at radius 3 is 2.00 bits per heavy atom. The molecule has 0 spiro atoms. The molecule has 5 heteroatoms. The molecule has 0 radical (unpaired) electrons. The summed E-state index contributed by atoms with van der Waals surface area (Å²) < 4.78 is 0. The summed E-state index contributed by atoms with van der Waals surface area (Å²) in [6.07, 6.45) is 0. The third-order valence-corrected chi connectivity index (χ3v) is 1.62. The molecule has 0 bridgehead atoms. The van der Waals surface area contributed by atoms with E-state index in [4.69, 9.17) is 5.11 Å². The lowest BCUT2D eigenvalue weighted by Gasteiger charge is -2.20. The second-order valence-corrected chi connectivity index (χ2v) is 3.40. The van der Waals surface area contributed by atoms with Crippen LogP contribution in [-0.4, -0.2) is 42.1 Å². The molecular formula is C8H16N2O3. The molecule has 0 aromatic carbocycles. The first-order valence-electron chi connectivity index (χ1n) is 4.07. The van der Waals surface area contributed by atoms with Gasteiger partial charge in [-0.3, -0.25) is 0 Å². The van der Waals surface area contributed by atoms with Gasteiger partial charge in [-0.05, 0) is 5.92 Å². The summed E-state index contributed by atoms with van der Waals surface area (Å²) in [7, 11) is 3.13. The summed E-state index contributed by atoms with van der Waals surface area (Å²) in [5.74, 6) is -1.13. The smallest absolute Gasteiger partial charge is 0.326 e. The lowest BCUT2D eigenvalue weighted by molar-refractivity contribution is -0.140. The van der Waals surface area contributed by atoms with Crippen LogP contribution in [-0.2, 0) is 4.79 Å². The Kier molecular flexibility index (Phi) is 4.23. The van der Waals surface area contributed by atoms with Crippen molar-refractivity contribution in [3.05, 3.63) is 0 Å². The topological polar surface area (TPSA) is 69.6 Å². The zero-order valence-electron chi connectivity index (χ0n) is 8.37. The predicted molar refractivity (Wildman–Crippen MR) is 48.5 cm³/mol. The number of hydrogen-bond donors (Lipinski definition) is 2. The van der Waals surface area contributed by atoms with Crippen molar-refractivity contribution in [2.24, 2.45) is 5.92 Å². The van der Waals surface area contributed by atoms with Gasteiger partial charge >= 0.3 is 12.0 Å². The van der Waals surface area contributed by atoms with E-state index in [2.05, 4.69) is 5.32 Å². The van der Waals surface area contributed by atoms with E-state index >= 15 is 0 Å². The number of rotatable bonds is 3. The number of nitrogens with zero attached hydrogens (tertiary/aromatic N) is 1. The number of urea groups is 1. The predicted octanol–water partition coefficient (Wildman–Crippen LogP) is 0.367. The van der Waals surface area contributed by atoms with Gasteiger partial charge in [0, 0.05) is 14.1 Å². The summed E-state index contributed by atoms with van der Waals surface area (Å²) in [6.45, 7) is 3.49. The lowest BCUT2D eigenvalue weighted by atomic mass is 10.1. The van der Waals surface area contributed by atoms with Gasteiger partial charge in [0.1, 0.15) is 6.04 Å². The number of carbonyl (C=O) groups is 2. The fourth-order valence-corrected chi connectivity index (χ4v) is 0.776. The van der Waals surface area contributed by atoms with E-state index in [1.54, 1.807) is 27.9 Å². The van der Waals surface area contributed by atoms with Crippen molar-refractivity contribution < 1.29 is 14.7 Å². The Morgan fingerprint density at radius 2 is 1.77 bits per heavy atom. The summed E-state index contributed by atoms with van der Waals surface area (Å²) in [5.41, 5.74) is 0. The van der Waals surface area contributed by atoms with Crippen molar-refractivity contribution in [3.63, 3.8) is 0 Å². The molecular weight excluding hydrogens is 172 g/mol. The molecule has 0 aromatic rings. The first-order valence-corrected chi connectivity index (χ1v) is 4.07. The molecule has 2 amide bonds. The molecule has 1 unspecified atom stereocenters. The van der Waals surface area contributed by atoms with E-state index in [0.717, 1.165) is 0 Å². The normalized spacial score (nSPS) is 12.4. The number of nitrogens with one attached hydrogen (secondary N) is 1. The maximum atomic E-state index is 11.1. The van der Waals surface area contributed by atoms with Gasteiger partial charge in [0.05, 0.1) is 0 Å². The van der Waals surface area contributed by atoms with Crippen LogP contribution < -0.4 is 5.32 Å². The molecule has 0 saturated carbocycles. The third kappa shape index (κ3) is 3.78. The van der Waals surface area contributed by atoms with Crippen LogP contribution in [0.4, 0.5) is 4.79 Å². The molecule has 0 aromatic heterocycles. The number of hydrogen-bond acceptors (Lipinski definition) is 2. The van der Waals surface area contributed by atoms with Crippen molar-refractivity contribution in [1.82, 2.24) is 10.2 Å². The summed E-state index contributed by atoms with van der Waals surface area (Å²) in [6, 6.07) is -1.21. The number of carboxylic acid groups (broad SMARTS) is 1. The highest BCUT2D eigenvalue weighted by Crippen LogP contribution is 2.01. The highest BCUT2D eigenvalue weighted by Gasteiger charge is 2.23. The maximum Gasteiger partial charge on any atom is 0.326 e. The van der Waals surface area contributed by atoms with Crippen molar-refractivity contribution in [3.8, 4) is 0 Å². The van der Waals surface area contributed by atoms with Gasteiger partial charge in [0.25, 0.3) is 0 Å². The van der Waals surface area contributed by atoms with Gasteiger partial charge in [-0.1, -0.05) is 13.8 Å². The van der Waals surface area contributed by atoms with Crippen LogP contribution in [0.5, 0.6) is 0 Å². The van der Waals surface area contributed by atoms with E-state index in [-0.39, 0.29) is 11.9 Å². The fraction of sp³-hybridized carbons (Fsp3) is 0.750. The molecule has 0 saturated heterocycles. The maximum absolute atomic E-state index is 11.1. The number of amides is 2. The van der Waals surface area contributed by atoms with Crippen molar-refractivity contribution >= 4 is 12.0 Å². The van der Waals surface area contributed by atoms with Gasteiger partial charge in [-0.25, -0.2) is 9.59 Å². The Bertz CT molecular complexity index is 202. The zero-order valence-corrected chi connectivity index (χ0v) is 8.37. The van der Waals surface area contributed by atoms with E-state index in [9.17, 15) is 9.59 Å². The minimum absolute atomic E-state index is 0.124. The molecule has 0 aliphatic rings. The Morgan fingerprint density at radius 1 is 1.31 bits per heavy atom. The molecule has 1 atom stereocenters. The third-order valence-electron chi connectivity index (χ3n) is 1.62. The molecule has 0 fully saturated rings. The van der Waals surface area contributed by atoms with Crippen LogP contribution in [0.3, 0.4) is 0 Å². The van der Waals surface area contributed by atoms with Crippen molar-refractivity contribution in [2.45, 2.75) is 19.9 Å². The van der Waals surface area contributed by atoms with E-state index < -0.39 is 12.0 Å². The molecule has 0 rings (SSSR count). The number of aliphatic carboxylic acids is 1. The summed E-state index contributed by atoms with van der Waals surface area (Å²) in [4.78, 5) is 23.1. The average molecular weight is 188 g/mol. The van der Waals surface area contributed by atoms with Gasteiger partial charge in [0.15, 0.2) is 0 Å². The quantitative estimate of drug-likeness (QED) is 0.672. The Labute approximate surface area is 77.7 Å². The molecule has 13 heavy (non-hydrogen) atoms. The molecule has 0 aliphatic carbocycles. The minimum atomic E-state index is -1.01. The lowest BCUT2D eigenvalue weighted by Crippen LogP contribution is -2.48. The minimum Gasteiger partial charge on any atom is -0.480 e. The van der Waals surface area contributed by atoms with Crippen LogP contribution in [0.1, 0.15) is 13.8 Å². The monoisotopic (exact) mass is 188 g/mol. The second-order valence-electron chi connectivity index (χ2n) is 3.40. The second kappa shape index (κ2) is 4.69. The molecule has 0 heterocycles. The summed E-state index contributed by atoms with van der Waals surface area (Å²) >= 11 is 0. The molecule has 2 N–H and O–H groups in total. The van der Waals surface area contributed by atoms with Crippen LogP contribution >= 0.6 is 0 Å². The number of carbonyl (C=O) groups excluding carboxylic acids is 1. The Hall–Kier alpha value is -1.26. The largest absolute Gasteiger partial charge is 0.480 e. The van der Waals surface area contributed by atoms with Gasteiger partial charge in [0.2, 0.25) is 0 Å². The molecule has 5 nitrogen and oxygen atoms in total. The van der Waals surface area contributed by atoms with Crippen LogP contribution in [0.15, 0.2) is 0 Å². The average Bonchev–Trinajstić information content (AvgIpc) is 1.97. The van der Waals surface area contributed by atoms with Crippen LogP contribution in [0, 0.1) is 5.92 Å². The van der Waals surface area contributed by atoms with Crippen LogP contribution in [0.25, 0.3) is 0 Å². The SMILES string of the molecule is CC(C)C(NC(=O)N(C)C)C(=O)O. The summed E-state index contributed by atoms with van der Waals surface area (Å²) in [5, 5.41) is 11.1. The highest BCUT2D eigenvalue weighted by molar-refractivity contribution is 5.82. The molecule has 0 aliphatic heterocycles. The molecule has 76 valence electrons. The zero-order chi connectivity index (χ0) is 10.6. The first-order chi connectivity index (χ1) is 5.86. The highest BCUT2D eigenvalue weighted by atomic mass is 16.4. The van der Waals surface area contributed by atoms with Crippen LogP contribution in [0.2, 0.25) is 0 Å². The Balaban J connectivity index is 4.27. The van der Waals surface area contributed by atoms with E-state index in [1.807, 2.05) is 0 Å². The standard InChI is InChI=1S/C8H16N2O3/c1-5(2)6(7(11)12)9-8(13)10(3)4/h5-6H,1-4H3,(H,9,13)(H,11,12). The fourth-order valence-electron chi connectivity index (χ4n) is 0.776. The van der Waals surface area contributed by atoms with E-state index in [0.29, 0.717) is 0 Å². The van der Waals surface area contributed by atoms with Gasteiger partial charge in [-0.2, -0.15) is 0 Å². The number of carboxylic acids is 1. The van der Waals surface area contributed by atoms with Gasteiger partial charge < -0.3 is 15.3 Å². The van der Waals surface area contributed by atoms with Crippen molar-refractivity contribution in [1.29, 1.82) is 0 Å². The van der Waals surface area contributed by atoms with Gasteiger partial charge in [-0.15, -0.1) is 0 Å². The van der Waals surface area contributed by atoms with E-state index in [1.165, 1.54) is 4.90 Å².